The molecule has 106 valence electrons. The maximum Gasteiger partial charge on any atom is 0.242 e. The summed E-state index contributed by atoms with van der Waals surface area (Å²) in [5.74, 6) is 0.992. The first-order chi connectivity index (χ1) is 9.69. The number of hydrogen-bond acceptors (Lipinski definition) is 1. The zero-order valence-electron chi connectivity index (χ0n) is 11.4. The smallest absolute Gasteiger partial charge is 0.210 e. The quantitative estimate of drug-likeness (QED) is 0.706. The first kappa shape index (κ1) is 14.7. The van der Waals surface area contributed by atoms with Gasteiger partial charge in [0.1, 0.15) is 0 Å². The average Bonchev–Trinajstić information content (AvgIpc) is 2.48. The predicted molar refractivity (Wildman–Crippen MR) is 75.6 cm³/mol. The number of benzene rings is 1. The first-order valence-electron chi connectivity index (χ1n) is 7.14. The van der Waals surface area contributed by atoms with E-state index >= 15 is 0 Å². The van der Waals surface area contributed by atoms with E-state index in [0.29, 0.717) is 17.4 Å². The molecule has 0 spiro atoms. The third-order valence-corrected chi connectivity index (χ3v) is 4.01. The van der Waals surface area contributed by atoms with Crippen molar-refractivity contribution in [1.29, 1.82) is 5.26 Å². The first-order valence-corrected chi connectivity index (χ1v) is 7.14. The molecule has 0 radical (unpaired) electrons. The summed E-state index contributed by atoms with van der Waals surface area (Å²) in [6, 6.07) is 9.93. The Bertz CT molecular complexity index is 477. The highest BCUT2D eigenvalue weighted by Crippen LogP contribution is 2.36. The van der Waals surface area contributed by atoms with Gasteiger partial charge in [0.25, 0.3) is 0 Å². The predicted octanol–water partition coefficient (Wildman–Crippen LogP) is 5.04. The summed E-state index contributed by atoms with van der Waals surface area (Å²) in [4.78, 5) is 0. The SMILES string of the molecule is N#Cc1ccc([C@H]2CC[C@H](/C=C/CC(F)F)CC2)cc1. The lowest BCUT2D eigenvalue weighted by Crippen LogP contribution is -2.11. The van der Waals surface area contributed by atoms with E-state index in [1.807, 2.05) is 30.3 Å². The van der Waals surface area contributed by atoms with Crippen LogP contribution < -0.4 is 0 Å². The number of nitriles is 1. The van der Waals surface area contributed by atoms with Gasteiger partial charge in [-0.3, -0.25) is 0 Å². The second-order valence-electron chi connectivity index (χ2n) is 5.40. The van der Waals surface area contributed by atoms with Gasteiger partial charge < -0.3 is 0 Å². The molecule has 2 rings (SSSR count). The van der Waals surface area contributed by atoms with Gasteiger partial charge in [0, 0.05) is 6.42 Å². The molecule has 0 saturated heterocycles. The van der Waals surface area contributed by atoms with Crippen LogP contribution in [-0.2, 0) is 0 Å². The molecule has 0 amide bonds. The zero-order valence-corrected chi connectivity index (χ0v) is 11.4. The second kappa shape index (κ2) is 7.19. The molecule has 1 fully saturated rings. The van der Waals surface area contributed by atoms with Crippen molar-refractivity contribution in [3.63, 3.8) is 0 Å². The van der Waals surface area contributed by atoms with Crippen LogP contribution in [0, 0.1) is 17.2 Å². The molecule has 1 aromatic carbocycles. The lowest BCUT2D eigenvalue weighted by molar-refractivity contribution is 0.152. The Morgan fingerprint density at radius 3 is 2.35 bits per heavy atom. The van der Waals surface area contributed by atoms with E-state index in [-0.39, 0.29) is 6.42 Å². The highest BCUT2D eigenvalue weighted by atomic mass is 19.3. The number of alkyl halides is 2. The van der Waals surface area contributed by atoms with Crippen molar-refractivity contribution < 1.29 is 8.78 Å². The van der Waals surface area contributed by atoms with E-state index in [1.165, 1.54) is 5.56 Å². The lowest BCUT2D eigenvalue weighted by atomic mass is 9.78. The van der Waals surface area contributed by atoms with E-state index in [1.54, 1.807) is 6.08 Å². The highest BCUT2D eigenvalue weighted by Gasteiger charge is 2.20. The van der Waals surface area contributed by atoms with Gasteiger partial charge in [-0.1, -0.05) is 24.3 Å². The number of halogens is 2. The van der Waals surface area contributed by atoms with E-state index < -0.39 is 6.43 Å². The Morgan fingerprint density at radius 1 is 1.15 bits per heavy atom. The maximum absolute atomic E-state index is 12.1. The molecule has 0 aliphatic heterocycles. The normalized spacial score (nSPS) is 23.1. The molecule has 1 aliphatic rings. The van der Waals surface area contributed by atoms with Gasteiger partial charge in [0.2, 0.25) is 6.43 Å². The van der Waals surface area contributed by atoms with Crippen molar-refractivity contribution in [2.75, 3.05) is 0 Å². The lowest BCUT2D eigenvalue weighted by Gasteiger charge is -2.27. The van der Waals surface area contributed by atoms with Crippen molar-refractivity contribution in [1.82, 2.24) is 0 Å². The number of hydrogen-bond donors (Lipinski definition) is 0. The van der Waals surface area contributed by atoms with Gasteiger partial charge in [-0.2, -0.15) is 5.26 Å². The van der Waals surface area contributed by atoms with Crippen LogP contribution in [0.4, 0.5) is 8.78 Å². The second-order valence-corrected chi connectivity index (χ2v) is 5.40. The average molecular weight is 275 g/mol. The fourth-order valence-corrected chi connectivity index (χ4v) is 2.85. The van der Waals surface area contributed by atoms with Crippen molar-refractivity contribution >= 4 is 0 Å². The zero-order chi connectivity index (χ0) is 14.4. The van der Waals surface area contributed by atoms with Crippen molar-refractivity contribution in [2.45, 2.75) is 44.4 Å². The molecule has 1 aliphatic carbocycles. The molecule has 0 atom stereocenters. The largest absolute Gasteiger partial charge is 0.242 e. The summed E-state index contributed by atoms with van der Waals surface area (Å²) in [7, 11) is 0. The van der Waals surface area contributed by atoms with Crippen molar-refractivity contribution in [2.24, 2.45) is 5.92 Å². The van der Waals surface area contributed by atoms with Crippen LogP contribution in [0.2, 0.25) is 0 Å². The minimum Gasteiger partial charge on any atom is -0.210 e. The molecule has 0 N–H and O–H groups in total. The van der Waals surface area contributed by atoms with Crippen LogP contribution in [0.3, 0.4) is 0 Å². The van der Waals surface area contributed by atoms with E-state index in [0.717, 1.165) is 25.7 Å². The van der Waals surface area contributed by atoms with Crippen LogP contribution in [0.25, 0.3) is 0 Å². The fourth-order valence-electron chi connectivity index (χ4n) is 2.85. The van der Waals surface area contributed by atoms with Crippen LogP contribution in [0.15, 0.2) is 36.4 Å². The van der Waals surface area contributed by atoms with E-state index in [2.05, 4.69) is 6.07 Å². The highest BCUT2D eigenvalue weighted by molar-refractivity contribution is 5.33. The molecule has 0 unspecified atom stereocenters. The summed E-state index contributed by atoms with van der Waals surface area (Å²) in [6.07, 6.45) is 5.52. The molecule has 0 heterocycles. The van der Waals surface area contributed by atoms with Crippen LogP contribution >= 0.6 is 0 Å². The van der Waals surface area contributed by atoms with Gasteiger partial charge in [-0.15, -0.1) is 0 Å². The Balaban J connectivity index is 1.84. The molecule has 1 nitrogen and oxygen atoms in total. The Labute approximate surface area is 118 Å². The van der Waals surface area contributed by atoms with Crippen LogP contribution in [0.5, 0.6) is 0 Å². The third-order valence-electron chi connectivity index (χ3n) is 4.01. The fraction of sp³-hybridized carbons (Fsp3) is 0.471. The molecule has 0 aromatic heterocycles. The van der Waals surface area contributed by atoms with Crippen molar-refractivity contribution in [3.8, 4) is 6.07 Å². The van der Waals surface area contributed by atoms with Crippen LogP contribution in [-0.4, -0.2) is 6.43 Å². The van der Waals surface area contributed by atoms with Gasteiger partial charge >= 0.3 is 0 Å². The summed E-state index contributed by atoms with van der Waals surface area (Å²) >= 11 is 0. The Kier molecular flexibility index (Phi) is 5.29. The topological polar surface area (TPSA) is 23.8 Å². The minimum atomic E-state index is -2.23. The summed E-state index contributed by atoms with van der Waals surface area (Å²) in [5, 5.41) is 8.78. The molecule has 3 heteroatoms. The standard InChI is InChI=1S/C17H19F2N/c18-17(19)3-1-2-13-4-8-15(9-5-13)16-10-6-14(12-20)7-11-16/h1-2,6-7,10-11,13,15,17H,3-5,8-9H2/b2-1+/t13-,15-. The number of allylic oxidation sites excluding steroid dienone is 2. The Hall–Kier alpha value is -1.69. The molecule has 20 heavy (non-hydrogen) atoms. The van der Waals surface area contributed by atoms with Crippen molar-refractivity contribution in [3.05, 3.63) is 47.5 Å². The van der Waals surface area contributed by atoms with Gasteiger partial charge in [0.05, 0.1) is 11.6 Å². The number of nitrogens with zero attached hydrogens (tertiary/aromatic N) is 1. The van der Waals surface area contributed by atoms with Gasteiger partial charge in [-0.25, -0.2) is 8.78 Å². The van der Waals surface area contributed by atoms with Gasteiger partial charge in [0.15, 0.2) is 0 Å². The Morgan fingerprint density at radius 2 is 1.80 bits per heavy atom. The van der Waals surface area contributed by atoms with Crippen LogP contribution in [0.1, 0.15) is 49.1 Å². The molecular weight excluding hydrogens is 256 g/mol. The summed E-state index contributed by atoms with van der Waals surface area (Å²) < 4.78 is 24.1. The summed E-state index contributed by atoms with van der Waals surface area (Å²) in [6.45, 7) is 0. The summed E-state index contributed by atoms with van der Waals surface area (Å²) in [5.41, 5.74) is 1.98. The molecule has 1 saturated carbocycles. The number of rotatable bonds is 4. The molecule has 1 aromatic rings. The third kappa shape index (κ3) is 4.16. The maximum atomic E-state index is 12.1. The minimum absolute atomic E-state index is 0.129. The van der Waals surface area contributed by atoms with E-state index in [4.69, 9.17) is 5.26 Å². The van der Waals surface area contributed by atoms with Gasteiger partial charge in [-0.05, 0) is 55.2 Å². The van der Waals surface area contributed by atoms with E-state index in [9.17, 15) is 8.78 Å². The monoisotopic (exact) mass is 275 g/mol. The molecular formula is C17H19F2N. The molecule has 0 bridgehead atoms.